The third kappa shape index (κ3) is 3.83. The molecule has 0 spiro atoms. The molecule has 27 heavy (non-hydrogen) atoms. The molecule has 2 aromatic rings. The Labute approximate surface area is 156 Å². The van der Waals surface area contributed by atoms with Crippen LogP contribution in [0.2, 0.25) is 0 Å². The molecule has 1 saturated heterocycles. The summed E-state index contributed by atoms with van der Waals surface area (Å²) in [5.41, 5.74) is 0.0223. The highest BCUT2D eigenvalue weighted by atomic mass is 19.1. The number of hydrogen-bond donors (Lipinski definition) is 1. The lowest BCUT2D eigenvalue weighted by molar-refractivity contribution is 0.0802. The number of morpholine rings is 1. The molecule has 1 unspecified atom stereocenters. The van der Waals surface area contributed by atoms with Gasteiger partial charge in [0.2, 0.25) is 5.95 Å². The zero-order valence-corrected chi connectivity index (χ0v) is 15.5. The maximum atomic E-state index is 14.1. The average molecular weight is 373 g/mol. The van der Waals surface area contributed by atoms with Gasteiger partial charge in [-0.25, -0.2) is 13.8 Å². The van der Waals surface area contributed by atoms with Crippen LogP contribution >= 0.6 is 0 Å². The molecule has 1 fully saturated rings. The molecule has 1 aliphatic rings. The second-order valence-electron chi connectivity index (χ2n) is 6.69. The van der Waals surface area contributed by atoms with E-state index >= 15 is 0 Å². The SMILES string of the molecule is CNc1nc(-c2cc(F)c(C#N)c(F)c2)cc(N2CCOCC2C(C)C)n1. The lowest BCUT2D eigenvalue weighted by Crippen LogP contribution is -2.48. The van der Waals surface area contributed by atoms with E-state index in [1.807, 2.05) is 0 Å². The molecule has 1 aromatic heterocycles. The summed E-state index contributed by atoms with van der Waals surface area (Å²) >= 11 is 0. The Morgan fingerprint density at radius 2 is 1.96 bits per heavy atom. The standard InChI is InChI=1S/C19H21F2N5O/c1-11(2)17-10-27-5-4-26(17)18-8-16(24-19(23-3)25-18)12-6-14(20)13(9-22)15(21)7-12/h6-8,11,17H,4-5,10H2,1-3H3,(H,23,24,25). The highest BCUT2D eigenvalue weighted by Crippen LogP contribution is 2.29. The number of hydrogen-bond acceptors (Lipinski definition) is 6. The van der Waals surface area contributed by atoms with Crippen LogP contribution in [0.3, 0.4) is 0 Å². The van der Waals surface area contributed by atoms with Crippen molar-refractivity contribution in [1.29, 1.82) is 5.26 Å². The second kappa shape index (κ2) is 7.84. The fraction of sp³-hybridized carbons (Fsp3) is 0.421. The number of nitrogens with one attached hydrogen (secondary N) is 1. The molecule has 1 atom stereocenters. The van der Waals surface area contributed by atoms with Crippen LogP contribution in [0.1, 0.15) is 19.4 Å². The van der Waals surface area contributed by atoms with Crippen molar-refractivity contribution in [3.8, 4) is 17.3 Å². The number of benzene rings is 1. The van der Waals surface area contributed by atoms with Gasteiger partial charge in [0.05, 0.1) is 24.9 Å². The predicted molar refractivity (Wildman–Crippen MR) is 98.4 cm³/mol. The van der Waals surface area contributed by atoms with Crippen LogP contribution in [0.5, 0.6) is 0 Å². The van der Waals surface area contributed by atoms with E-state index in [9.17, 15) is 8.78 Å². The lowest BCUT2D eigenvalue weighted by Gasteiger charge is -2.39. The molecule has 1 N–H and O–H groups in total. The van der Waals surface area contributed by atoms with Gasteiger partial charge in [-0.05, 0) is 18.1 Å². The quantitative estimate of drug-likeness (QED) is 0.887. The number of nitrogens with zero attached hydrogens (tertiary/aromatic N) is 4. The first kappa shape index (κ1) is 19.0. The van der Waals surface area contributed by atoms with Crippen LogP contribution in [0.25, 0.3) is 11.3 Å². The molecule has 6 nitrogen and oxygen atoms in total. The van der Waals surface area contributed by atoms with Crippen molar-refractivity contribution < 1.29 is 13.5 Å². The second-order valence-corrected chi connectivity index (χ2v) is 6.69. The molecule has 2 heterocycles. The van der Waals surface area contributed by atoms with Gasteiger partial charge in [-0.3, -0.25) is 0 Å². The summed E-state index contributed by atoms with van der Waals surface area (Å²) in [6.07, 6.45) is 0. The molecule has 0 amide bonds. The largest absolute Gasteiger partial charge is 0.377 e. The zero-order valence-electron chi connectivity index (χ0n) is 15.5. The van der Waals surface area contributed by atoms with Gasteiger partial charge in [0, 0.05) is 25.2 Å². The molecular formula is C19H21F2N5O. The van der Waals surface area contributed by atoms with Crippen molar-refractivity contribution in [1.82, 2.24) is 9.97 Å². The number of aromatic nitrogens is 2. The number of ether oxygens (including phenoxy) is 1. The van der Waals surface area contributed by atoms with E-state index in [2.05, 4.69) is 34.0 Å². The first-order valence-electron chi connectivity index (χ1n) is 8.75. The molecule has 142 valence electrons. The Morgan fingerprint density at radius 3 is 2.56 bits per heavy atom. The van der Waals surface area contributed by atoms with Crippen molar-refractivity contribution in [2.24, 2.45) is 5.92 Å². The van der Waals surface area contributed by atoms with Crippen molar-refractivity contribution in [2.75, 3.05) is 37.0 Å². The number of rotatable bonds is 4. The summed E-state index contributed by atoms with van der Waals surface area (Å²) in [4.78, 5) is 11.0. The van der Waals surface area contributed by atoms with Crippen LogP contribution in [0.4, 0.5) is 20.5 Å². The molecule has 0 aliphatic carbocycles. The summed E-state index contributed by atoms with van der Waals surface area (Å²) < 4.78 is 33.7. The Morgan fingerprint density at radius 1 is 1.26 bits per heavy atom. The lowest BCUT2D eigenvalue weighted by atomic mass is 10.0. The van der Waals surface area contributed by atoms with E-state index in [0.717, 1.165) is 12.1 Å². The first-order valence-corrected chi connectivity index (χ1v) is 8.75. The van der Waals surface area contributed by atoms with E-state index in [-0.39, 0.29) is 11.6 Å². The van der Waals surface area contributed by atoms with Gasteiger partial charge in [-0.1, -0.05) is 13.8 Å². The maximum absolute atomic E-state index is 14.1. The van der Waals surface area contributed by atoms with Crippen LogP contribution < -0.4 is 10.2 Å². The van der Waals surface area contributed by atoms with Gasteiger partial charge in [0.25, 0.3) is 0 Å². The Kier molecular flexibility index (Phi) is 5.51. The van der Waals surface area contributed by atoms with Gasteiger partial charge in [-0.15, -0.1) is 0 Å². The monoisotopic (exact) mass is 373 g/mol. The number of anilines is 2. The molecule has 3 rings (SSSR count). The van der Waals surface area contributed by atoms with E-state index in [1.54, 1.807) is 13.1 Å². The van der Waals surface area contributed by atoms with Gasteiger partial charge >= 0.3 is 0 Å². The van der Waals surface area contributed by atoms with Crippen molar-refractivity contribution in [3.63, 3.8) is 0 Å². The minimum atomic E-state index is -0.912. The first-order chi connectivity index (χ1) is 12.9. The van der Waals surface area contributed by atoms with Crippen molar-refractivity contribution in [2.45, 2.75) is 19.9 Å². The van der Waals surface area contributed by atoms with Crippen molar-refractivity contribution in [3.05, 3.63) is 35.4 Å². The predicted octanol–water partition coefficient (Wildman–Crippen LogP) is 3.20. The Hall–Kier alpha value is -2.79. The highest BCUT2D eigenvalue weighted by Gasteiger charge is 2.28. The van der Waals surface area contributed by atoms with Gasteiger partial charge in [0.15, 0.2) is 0 Å². The molecule has 8 heteroatoms. The number of halogens is 2. The average Bonchev–Trinajstić information content (AvgIpc) is 2.67. The third-order valence-corrected chi connectivity index (χ3v) is 4.62. The smallest absolute Gasteiger partial charge is 0.224 e. The summed E-state index contributed by atoms with van der Waals surface area (Å²) in [5.74, 6) is -0.472. The number of nitriles is 1. The summed E-state index contributed by atoms with van der Waals surface area (Å²) in [7, 11) is 1.68. The maximum Gasteiger partial charge on any atom is 0.224 e. The van der Waals surface area contributed by atoms with E-state index in [1.165, 1.54) is 6.07 Å². The fourth-order valence-corrected chi connectivity index (χ4v) is 3.13. The summed E-state index contributed by atoms with van der Waals surface area (Å²) in [6.45, 7) is 6.06. The van der Waals surface area contributed by atoms with Crippen LogP contribution in [-0.2, 0) is 4.74 Å². The van der Waals surface area contributed by atoms with Crippen LogP contribution in [0.15, 0.2) is 18.2 Å². The van der Waals surface area contributed by atoms with E-state index in [0.29, 0.717) is 43.1 Å². The molecule has 0 radical (unpaired) electrons. The van der Waals surface area contributed by atoms with Gasteiger partial charge in [0.1, 0.15) is 29.1 Å². The van der Waals surface area contributed by atoms with E-state index in [4.69, 9.17) is 10.00 Å². The molecule has 1 aromatic carbocycles. The highest BCUT2D eigenvalue weighted by molar-refractivity contribution is 5.66. The van der Waals surface area contributed by atoms with E-state index < -0.39 is 17.2 Å². The van der Waals surface area contributed by atoms with Crippen LogP contribution in [-0.4, -0.2) is 42.8 Å². The minimum absolute atomic E-state index is 0.139. The Bertz CT molecular complexity index is 858. The molecule has 1 aliphatic heterocycles. The normalized spacial score (nSPS) is 17.1. The molecular weight excluding hydrogens is 352 g/mol. The zero-order chi connectivity index (χ0) is 19.6. The fourth-order valence-electron chi connectivity index (χ4n) is 3.13. The van der Waals surface area contributed by atoms with Crippen LogP contribution in [0, 0.1) is 28.9 Å². The van der Waals surface area contributed by atoms with Crippen molar-refractivity contribution >= 4 is 11.8 Å². The Balaban J connectivity index is 2.08. The van der Waals surface area contributed by atoms with Gasteiger partial charge in [-0.2, -0.15) is 10.2 Å². The molecule has 0 bridgehead atoms. The summed E-state index contributed by atoms with van der Waals surface area (Å²) in [6, 6.07) is 5.61. The third-order valence-electron chi connectivity index (χ3n) is 4.62. The van der Waals surface area contributed by atoms with Gasteiger partial charge < -0.3 is 15.0 Å². The summed E-state index contributed by atoms with van der Waals surface area (Å²) in [5, 5.41) is 11.7. The topological polar surface area (TPSA) is 74.1 Å². The minimum Gasteiger partial charge on any atom is -0.377 e. The molecule has 0 saturated carbocycles.